The Morgan fingerprint density at radius 2 is 1.66 bits per heavy atom. The Hall–Kier alpha value is -2.35. The Kier molecular flexibility index (Phi) is 6.62. The molecular weight excluding hydrogens is 378 g/mol. The lowest BCUT2D eigenvalue weighted by atomic mass is 9.69. The Morgan fingerprint density at radius 3 is 2.38 bits per heavy atom. The number of hydrogen-bond donors (Lipinski definition) is 3. The highest BCUT2D eigenvalue weighted by molar-refractivity contribution is 6.43. The lowest BCUT2D eigenvalue weighted by Crippen LogP contribution is -2.33. The molecule has 1 unspecified atom stereocenters. The van der Waals surface area contributed by atoms with Gasteiger partial charge in [-0.1, -0.05) is 60.7 Å². The first-order valence-corrected chi connectivity index (χ1v) is 9.49. The average molecular weight is 401 g/mol. The second kappa shape index (κ2) is 8.99. The highest BCUT2D eigenvalue weighted by Gasteiger charge is 2.31. The SMILES string of the molecule is C[C@@H](NCC(Cc1cccc(C(F)(F)F)c1)B(O)O)c1cccc2ccccc12. The normalized spacial score (nSPS) is 14.0. The molecule has 0 aliphatic rings. The van der Waals surface area contributed by atoms with Crippen LogP contribution in [0, 0.1) is 0 Å². The molecule has 0 saturated heterocycles. The van der Waals surface area contributed by atoms with Crippen molar-refractivity contribution in [3.05, 3.63) is 83.4 Å². The third-order valence-corrected chi connectivity index (χ3v) is 5.15. The zero-order valence-corrected chi connectivity index (χ0v) is 16.0. The first kappa shape index (κ1) is 21.4. The van der Waals surface area contributed by atoms with E-state index in [0.717, 1.165) is 28.5 Å². The maximum atomic E-state index is 12.9. The van der Waals surface area contributed by atoms with Crippen molar-refractivity contribution in [1.82, 2.24) is 5.32 Å². The first-order valence-electron chi connectivity index (χ1n) is 9.49. The highest BCUT2D eigenvalue weighted by atomic mass is 19.4. The number of alkyl halides is 3. The van der Waals surface area contributed by atoms with E-state index >= 15 is 0 Å². The van der Waals surface area contributed by atoms with Gasteiger partial charge in [-0.2, -0.15) is 13.2 Å². The minimum absolute atomic E-state index is 0.0659. The molecule has 3 aromatic rings. The Bertz CT molecular complexity index is 957. The van der Waals surface area contributed by atoms with E-state index in [1.165, 1.54) is 6.07 Å². The zero-order chi connectivity index (χ0) is 21.0. The van der Waals surface area contributed by atoms with Gasteiger partial charge < -0.3 is 15.4 Å². The number of rotatable bonds is 7. The van der Waals surface area contributed by atoms with Crippen LogP contribution in [0.15, 0.2) is 66.7 Å². The maximum Gasteiger partial charge on any atom is 0.456 e. The Balaban J connectivity index is 1.71. The van der Waals surface area contributed by atoms with Crippen LogP contribution in [0.1, 0.15) is 29.7 Å². The molecule has 0 amide bonds. The topological polar surface area (TPSA) is 52.5 Å². The van der Waals surface area contributed by atoms with Crippen LogP contribution in [-0.4, -0.2) is 23.7 Å². The predicted octanol–water partition coefficient (Wildman–Crippen LogP) is 4.59. The standard InChI is InChI=1S/C22H23BF3NO2/c1-15(20-11-5-8-17-7-2-3-10-21(17)20)27-14-19(23(28)29)13-16-6-4-9-18(12-16)22(24,25)26/h2-12,15,19,27-29H,13-14H2,1H3/t15-,19?/m1/s1. The Morgan fingerprint density at radius 1 is 0.966 bits per heavy atom. The molecule has 0 bridgehead atoms. The maximum absolute atomic E-state index is 12.9. The molecule has 2 atom stereocenters. The van der Waals surface area contributed by atoms with Crippen LogP contribution in [0.3, 0.4) is 0 Å². The summed E-state index contributed by atoms with van der Waals surface area (Å²) in [6, 6.07) is 18.9. The minimum atomic E-state index is -4.43. The fourth-order valence-electron chi connectivity index (χ4n) is 3.53. The minimum Gasteiger partial charge on any atom is -0.427 e. The van der Waals surface area contributed by atoms with Crippen molar-refractivity contribution >= 4 is 17.9 Å². The van der Waals surface area contributed by atoms with E-state index in [2.05, 4.69) is 5.32 Å². The molecule has 0 heterocycles. The van der Waals surface area contributed by atoms with E-state index in [1.807, 2.05) is 49.4 Å². The van der Waals surface area contributed by atoms with Gasteiger partial charge in [0.2, 0.25) is 0 Å². The summed E-state index contributed by atoms with van der Waals surface area (Å²) in [5.41, 5.74) is 0.754. The molecule has 152 valence electrons. The molecule has 0 aliphatic carbocycles. The number of halogens is 3. The predicted molar refractivity (Wildman–Crippen MR) is 109 cm³/mol. The van der Waals surface area contributed by atoms with Crippen LogP contribution in [0.25, 0.3) is 10.8 Å². The summed E-state index contributed by atoms with van der Waals surface area (Å²) in [6.45, 7) is 2.23. The monoisotopic (exact) mass is 401 g/mol. The van der Waals surface area contributed by atoms with Crippen molar-refractivity contribution in [1.29, 1.82) is 0 Å². The van der Waals surface area contributed by atoms with Crippen LogP contribution in [0.2, 0.25) is 5.82 Å². The van der Waals surface area contributed by atoms with Gasteiger partial charge >= 0.3 is 13.3 Å². The van der Waals surface area contributed by atoms with Crippen LogP contribution >= 0.6 is 0 Å². The second-order valence-corrected chi connectivity index (χ2v) is 7.27. The van der Waals surface area contributed by atoms with E-state index in [0.29, 0.717) is 5.56 Å². The summed E-state index contributed by atoms with van der Waals surface area (Å²) in [4.78, 5) is 0. The molecular formula is C22H23BF3NO2. The third-order valence-electron chi connectivity index (χ3n) is 5.15. The number of benzene rings is 3. The smallest absolute Gasteiger partial charge is 0.427 e. The van der Waals surface area contributed by atoms with Crippen LogP contribution < -0.4 is 5.32 Å². The largest absolute Gasteiger partial charge is 0.456 e. The van der Waals surface area contributed by atoms with E-state index in [4.69, 9.17) is 0 Å². The summed E-state index contributed by atoms with van der Waals surface area (Å²) >= 11 is 0. The van der Waals surface area contributed by atoms with Crippen LogP contribution in [-0.2, 0) is 12.6 Å². The molecule has 3 N–H and O–H groups in total. The van der Waals surface area contributed by atoms with Gasteiger partial charge in [-0.3, -0.25) is 0 Å². The van der Waals surface area contributed by atoms with E-state index in [1.54, 1.807) is 6.07 Å². The Labute approximate surface area is 168 Å². The molecule has 0 radical (unpaired) electrons. The summed E-state index contributed by atoms with van der Waals surface area (Å²) < 4.78 is 38.8. The van der Waals surface area contributed by atoms with Crippen molar-refractivity contribution in [2.45, 2.75) is 31.4 Å². The lowest BCUT2D eigenvalue weighted by molar-refractivity contribution is -0.137. The van der Waals surface area contributed by atoms with E-state index in [9.17, 15) is 23.2 Å². The quantitative estimate of drug-likeness (QED) is 0.508. The summed E-state index contributed by atoms with van der Waals surface area (Å²) in [5.74, 6) is -0.643. The van der Waals surface area contributed by atoms with Crippen molar-refractivity contribution in [3.63, 3.8) is 0 Å². The summed E-state index contributed by atoms with van der Waals surface area (Å²) in [6.07, 6.45) is -4.30. The summed E-state index contributed by atoms with van der Waals surface area (Å²) in [7, 11) is -1.64. The average Bonchev–Trinajstić information content (AvgIpc) is 2.69. The van der Waals surface area contributed by atoms with Crippen molar-refractivity contribution < 1.29 is 23.2 Å². The number of fused-ring (bicyclic) bond motifs is 1. The molecule has 0 spiro atoms. The molecule has 3 aromatic carbocycles. The fraction of sp³-hybridized carbons (Fsp3) is 0.273. The van der Waals surface area contributed by atoms with Gasteiger partial charge in [0.25, 0.3) is 0 Å². The van der Waals surface area contributed by atoms with Crippen molar-refractivity contribution in [2.75, 3.05) is 6.54 Å². The summed E-state index contributed by atoms with van der Waals surface area (Å²) in [5, 5.41) is 25.0. The molecule has 0 aliphatic heterocycles. The first-order chi connectivity index (χ1) is 13.8. The van der Waals surface area contributed by atoms with Gasteiger partial charge in [-0.25, -0.2) is 0 Å². The lowest BCUT2D eigenvalue weighted by Gasteiger charge is -2.22. The number of hydrogen-bond acceptors (Lipinski definition) is 3. The molecule has 3 rings (SSSR count). The number of nitrogens with one attached hydrogen (secondary N) is 1. The van der Waals surface area contributed by atoms with Gasteiger partial charge in [0.05, 0.1) is 5.56 Å². The van der Waals surface area contributed by atoms with Crippen molar-refractivity contribution in [3.8, 4) is 0 Å². The van der Waals surface area contributed by atoms with Gasteiger partial charge in [0, 0.05) is 11.9 Å². The van der Waals surface area contributed by atoms with Crippen molar-refractivity contribution in [2.24, 2.45) is 0 Å². The van der Waals surface area contributed by atoms with Crippen LogP contribution in [0.4, 0.5) is 13.2 Å². The molecule has 7 heteroatoms. The van der Waals surface area contributed by atoms with Crippen LogP contribution in [0.5, 0.6) is 0 Å². The van der Waals surface area contributed by atoms with E-state index in [-0.39, 0.29) is 19.0 Å². The second-order valence-electron chi connectivity index (χ2n) is 7.27. The third kappa shape index (κ3) is 5.38. The molecule has 0 aromatic heterocycles. The van der Waals surface area contributed by atoms with E-state index < -0.39 is 24.7 Å². The molecule has 0 fully saturated rings. The zero-order valence-electron chi connectivity index (χ0n) is 16.0. The molecule has 29 heavy (non-hydrogen) atoms. The molecule has 3 nitrogen and oxygen atoms in total. The van der Waals surface area contributed by atoms with Gasteiger partial charge in [0.1, 0.15) is 0 Å². The highest BCUT2D eigenvalue weighted by Crippen LogP contribution is 2.30. The van der Waals surface area contributed by atoms with Gasteiger partial charge in [-0.15, -0.1) is 0 Å². The fourth-order valence-corrected chi connectivity index (χ4v) is 3.53. The van der Waals surface area contributed by atoms with Gasteiger partial charge in [0.15, 0.2) is 0 Å². The van der Waals surface area contributed by atoms with Gasteiger partial charge in [-0.05, 0) is 47.9 Å². The molecule has 0 saturated carbocycles.